The fourth-order valence-electron chi connectivity index (χ4n) is 3.44. The largest absolute Gasteiger partial charge is 0.457 e. The van der Waals surface area contributed by atoms with Gasteiger partial charge >= 0.3 is 0 Å². The van der Waals surface area contributed by atoms with Gasteiger partial charge in [-0.1, -0.05) is 18.2 Å². The molecule has 0 fully saturated rings. The Hall–Kier alpha value is -3.76. The van der Waals surface area contributed by atoms with Gasteiger partial charge < -0.3 is 20.5 Å². The number of aliphatic hydroxyl groups is 1. The summed E-state index contributed by atoms with van der Waals surface area (Å²) in [6, 6.07) is 11.7. The maximum Gasteiger partial charge on any atom is 0.227 e. The molecule has 3 N–H and O–H groups in total. The highest BCUT2D eigenvalue weighted by molar-refractivity contribution is 8.17. The van der Waals surface area contributed by atoms with Gasteiger partial charge in [-0.2, -0.15) is 0 Å². The average molecular weight is 511 g/mol. The number of amides is 1. The Bertz CT molecular complexity index is 1260. The third-order valence-corrected chi connectivity index (χ3v) is 6.45. The number of nitrogens with zero attached hydrogens (tertiary/aromatic N) is 3. The van der Waals surface area contributed by atoms with Crippen molar-refractivity contribution in [3.8, 4) is 11.5 Å². The number of nitrogen functional groups attached to an aromatic ring is 1. The number of halogens is 1. The minimum atomic E-state index is -0.726. The number of rotatable bonds is 10. The molecule has 1 amide bonds. The summed E-state index contributed by atoms with van der Waals surface area (Å²) in [6.07, 6.45) is 2.23. The standard InChI is InChI=1S/C26H27FN4O4S/c1-16-11-21(35-20-7-5-4-6-8-20)12-22(27)24(16)26(34)36-23(9-10-32)17(2)31(15-33)14-19-13-29-18(3)30-25(19)28/h4-8,11-13,15,32H,9-10,14H2,1-3H3,(H2,28,29,30). The van der Waals surface area contributed by atoms with Crippen LogP contribution in [0.1, 0.15) is 40.7 Å². The topological polar surface area (TPSA) is 119 Å². The molecule has 0 aliphatic rings. The third kappa shape index (κ3) is 6.67. The molecule has 0 saturated carbocycles. The number of benzene rings is 2. The Morgan fingerprint density at radius 3 is 2.56 bits per heavy atom. The highest BCUT2D eigenvalue weighted by Gasteiger charge is 2.22. The second kappa shape index (κ2) is 12.3. The quantitative estimate of drug-likeness (QED) is 0.375. The number of nitrogens with two attached hydrogens (primary N) is 1. The number of aromatic nitrogens is 2. The van der Waals surface area contributed by atoms with Gasteiger partial charge in [0, 0.05) is 41.5 Å². The summed E-state index contributed by atoms with van der Waals surface area (Å²) in [5.74, 6) is 0.828. The summed E-state index contributed by atoms with van der Waals surface area (Å²) in [5.41, 5.74) is 7.21. The molecular weight excluding hydrogens is 483 g/mol. The van der Waals surface area contributed by atoms with E-state index in [0.717, 1.165) is 17.8 Å². The van der Waals surface area contributed by atoms with Crippen molar-refractivity contribution in [3.63, 3.8) is 0 Å². The first-order chi connectivity index (χ1) is 17.2. The van der Waals surface area contributed by atoms with Crippen molar-refractivity contribution in [3.05, 3.63) is 87.6 Å². The fourth-order valence-corrected chi connectivity index (χ4v) is 4.48. The lowest BCUT2D eigenvalue weighted by molar-refractivity contribution is -0.116. The van der Waals surface area contributed by atoms with E-state index in [4.69, 9.17) is 10.5 Å². The molecule has 10 heteroatoms. The first kappa shape index (κ1) is 26.8. The smallest absolute Gasteiger partial charge is 0.227 e. The molecule has 0 saturated heterocycles. The van der Waals surface area contributed by atoms with Crippen LogP contribution in [0.2, 0.25) is 0 Å². The van der Waals surface area contributed by atoms with Crippen LogP contribution in [0, 0.1) is 19.7 Å². The SMILES string of the molecule is CC(=C(CCO)SC(=O)c1c(C)cc(Oc2ccccc2)cc1F)N(C=O)Cc1cnc(C)nc1N. The van der Waals surface area contributed by atoms with Crippen molar-refractivity contribution in [2.45, 2.75) is 33.7 Å². The summed E-state index contributed by atoms with van der Waals surface area (Å²) < 4.78 is 20.7. The number of carbonyl (C=O) groups is 2. The first-order valence-corrected chi connectivity index (χ1v) is 11.9. The third-order valence-electron chi connectivity index (χ3n) is 5.32. The molecule has 0 atom stereocenters. The first-order valence-electron chi connectivity index (χ1n) is 11.1. The molecule has 1 aromatic heterocycles. The molecule has 2 aromatic carbocycles. The number of aliphatic hydroxyl groups excluding tert-OH is 1. The summed E-state index contributed by atoms with van der Waals surface area (Å²) >= 11 is 0.766. The zero-order valence-electron chi connectivity index (χ0n) is 20.2. The predicted octanol–water partition coefficient (Wildman–Crippen LogP) is 4.75. The van der Waals surface area contributed by atoms with Crippen LogP contribution < -0.4 is 10.5 Å². The second-order valence-corrected chi connectivity index (χ2v) is 9.01. The Labute approximate surface area is 213 Å². The Morgan fingerprint density at radius 1 is 1.22 bits per heavy atom. The van der Waals surface area contributed by atoms with Gasteiger partial charge in [0.25, 0.3) is 0 Å². The highest BCUT2D eigenvalue weighted by atomic mass is 32.2. The molecular formula is C26H27FN4O4S. The second-order valence-electron chi connectivity index (χ2n) is 7.94. The molecule has 8 nitrogen and oxygen atoms in total. The van der Waals surface area contributed by atoms with Gasteiger partial charge in [0.2, 0.25) is 11.5 Å². The molecule has 0 unspecified atom stereocenters. The van der Waals surface area contributed by atoms with E-state index in [9.17, 15) is 14.7 Å². The molecule has 36 heavy (non-hydrogen) atoms. The van der Waals surface area contributed by atoms with Crippen LogP contribution in [-0.2, 0) is 11.3 Å². The number of aryl methyl sites for hydroxylation is 2. The van der Waals surface area contributed by atoms with Gasteiger partial charge in [0.05, 0.1) is 12.1 Å². The Kier molecular flexibility index (Phi) is 9.15. The molecule has 0 aliphatic heterocycles. The molecule has 0 spiro atoms. The minimum absolute atomic E-state index is 0.0734. The van der Waals surface area contributed by atoms with Gasteiger partial charge in [0.15, 0.2) is 0 Å². The number of allylic oxidation sites excluding steroid dienone is 1. The van der Waals surface area contributed by atoms with Crippen LogP contribution in [0.3, 0.4) is 0 Å². The Morgan fingerprint density at radius 2 is 1.94 bits per heavy atom. The number of thioether (sulfide) groups is 1. The van der Waals surface area contributed by atoms with Gasteiger partial charge in [-0.3, -0.25) is 9.59 Å². The number of para-hydroxylation sites is 1. The van der Waals surface area contributed by atoms with Crippen molar-refractivity contribution < 1.29 is 23.8 Å². The van der Waals surface area contributed by atoms with E-state index in [0.29, 0.717) is 39.7 Å². The van der Waals surface area contributed by atoms with Crippen LogP contribution in [0.4, 0.5) is 10.2 Å². The number of ether oxygens (including phenoxy) is 1. The molecule has 0 aliphatic carbocycles. The van der Waals surface area contributed by atoms with E-state index in [1.165, 1.54) is 11.1 Å². The fraction of sp³-hybridized carbons (Fsp3) is 0.231. The molecule has 3 aromatic rings. The molecule has 188 valence electrons. The molecule has 0 bridgehead atoms. The number of hydrogen-bond donors (Lipinski definition) is 2. The van der Waals surface area contributed by atoms with Crippen LogP contribution in [0.5, 0.6) is 11.5 Å². The van der Waals surface area contributed by atoms with Crippen LogP contribution in [0.15, 0.2) is 59.3 Å². The lowest BCUT2D eigenvalue weighted by Gasteiger charge is -2.22. The molecule has 1 heterocycles. The van der Waals surface area contributed by atoms with E-state index in [-0.39, 0.29) is 36.7 Å². The summed E-state index contributed by atoms with van der Waals surface area (Å²) in [4.78, 5) is 35.0. The molecule has 0 radical (unpaired) electrons. The summed E-state index contributed by atoms with van der Waals surface area (Å²) in [5, 5.41) is 9.02. The maximum atomic E-state index is 15.0. The van der Waals surface area contributed by atoms with Gasteiger partial charge in [0.1, 0.15) is 29.0 Å². The summed E-state index contributed by atoms with van der Waals surface area (Å²) in [6.45, 7) is 4.77. The summed E-state index contributed by atoms with van der Waals surface area (Å²) in [7, 11) is 0. The normalized spacial score (nSPS) is 11.6. The molecule has 3 rings (SSSR count). The lowest BCUT2D eigenvalue weighted by atomic mass is 10.1. The zero-order chi connectivity index (χ0) is 26.2. The Balaban J connectivity index is 1.85. The van der Waals surface area contributed by atoms with E-state index < -0.39 is 10.9 Å². The zero-order valence-corrected chi connectivity index (χ0v) is 21.0. The minimum Gasteiger partial charge on any atom is -0.457 e. The van der Waals surface area contributed by atoms with Gasteiger partial charge in [-0.05, 0) is 56.3 Å². The van der Waals surface area contributed by atoms with Crippen molar-refractivity contribution in [2.24, 2.45) is 0 Å². The highest BCUT2D eigenvalue weighted by Crippen LogP contribution is 2.33. The number of carbonyl (C=O) groups excluding carboxylic acids is 2. The van der Waals surface area contributed by atoms with Gasteiger partial charge in [-0.15, -0.1) is 0 Å². The van der Waals surface area contributed by atoms with E-state index in [1.807, 2.05) is 6.07 Å². The lowest BCUT2D eigenvalue weighted by Crippen LogP contribution is -2.22. The van der Waals surface area contributed by atoms with Crippen LogP contribution in [-0.4, -0.2) is 38.1 Å². The van der Waals surface area contributed by atoms with Crippen LogP contribution in [0.25, 0.3) is 0 Å². The monoisotopic (exact) mass is 510 g/mol. The van der Waals surface area contributed by atoms with Crippen molar-refractivity contribution in [1.82, 2.24) is 14.9 Å². The number of anilines is 1. The maximum absolute atomic E-state index is 15.0. The van der Waals surface area contributed by atoms with Crippen molar-refractivity contribution in [2.75, 3.05) is 12.3 Å². The predicted molar refractivity (Wildman–Crippen MR) is 137 cm³/mol. The van der Waals surface area contributed by atoms with Gasteiger partial charge in [-0.25, -0.2) is 14.4 Å². The van der Waals surface area contributed by atoms with Crippen molar-refractivity contribution in [1.29, 1.82) is 0 Å². The average Bonchev–Trinajstić information content (AvgIpc) is 2.83. The van der Waals surface area contributed by atoms with E-state index >= 15 is 4.39 Å². The van der Waals surface area contributed by atoms with Crippen molar-refractivity contribution >= 4 is 29.1 Å². The van der Waals surface area contributed by atoms with Crippen LogP contribution >= 0.6 is 11.8 Å². The van der Waals surface area contributed by atoms with E-state index in [2.05, 4.69) is 9.97 Å². The van der Waals surface area contributed by atoms with E-state index in [1.54, 1.807) is 51.1 Å². The number of hydrogen-bond acceptors (Lipinski definition) is 8.